The molecule has 0 radical (unpaired) electrons. The number of ether oxygens (including phenoxy) is 10. The second-order valence-corrected chi connectivity index (χ2v) is 12.2. The molecule has 1 rings (SSSR count). The van der Waals surface area contributed by atoms with E-state index in [9.17, 15) is 28.8 Å². The van der Waals surface area contributed by atoms with Gasteiger partial charge in [0.1, 0.15) is 51.1 Å². The predicted molar refractivity (Wildman–Crippen MR) is 199 cm³/mol. The van der Waals surface area contributed by atoms with Crippen molar-refractivity contribution in [1.29, 1.82) is 0 Å². The first-order chi connectivity index (χ1) is 26.6. The maximum Gasteiger partial charge on any atom is 0.407 e. The van der Waals surface area contributed by atoms with E-state index in [1.807, 2.05) is 0 Å². The first-order valence-electron chi connectivity index (χ1n) is 17.6. The molecule has 18 nitrogen and oxygen atoms in total. The molecule has 0 fully saturated rings. The lowest BCUT2D eigenvalue weighted by Gasteiger charge is -2.19. The molecule has 0 saturated heterocycles. The quantitative estimate of drug-likeness (QED) is 0.0538. The van der Waals surface area contributed by atoms with Crippen LogP contribution < -0.4 is 20.1 Å². The number of amides is 2. The molecule has 1 aromatic carbocycles. The van der Waals surface area contributed by atoms with Crippen molar-refractivity contribution in [2.45, 2.75) is 46.8 Å². The molecule has 0 aliphatic rings. The van der Waals surface area contributed by atoms with Crippen LogP contribution in [-0.2, 0) is 57.1 Å². The standard InChI is InChI=1S/C38H54N2O16/c1-25(2)33(41)51-15-13-39-37(45)55-31(23-53-35(43)27(5)6)21-47-17-19-49-29-9-11-30(12-10-29)50-20-18-48-22-32(24-54-36(44)28(7)8)56-38(46)40-14-16-52-34(42)26(3)4/h9-12,28,31-32H,1,3,5,13-24H2,2,4,6-8H3,(H,39,45)(H,40,46). The van der Waals surface area contributed by atoms with Crippen molar-refractivity contribution in [3.8, 4) is 11.5 Å². The summed E-state index contributed by atoms with van der Waals surface area (Å²) in [6.45, 7) is 17.9. The molecule has 2 unspecified atom stereocenters. The van der Waals surface area contributed by atoms with Gasteiger partial charge >= 0.3 is 36.1 Å². The maximum atomic E-state index is 12.2. The van der Waals surface area contributed by atoms with E-state index in [1.165, 1.54) is 20.8 Å². The van der Waals surface area contributed by atoms with Crippen LogP contribution in [-0.4, -0.2) is 127 Å². The van der Waals surface area contributed by atoms with Gasteiger partial charge < -0.3 is 58.0 Å². The molecule has 0 aliphatic heterocycles. The lowest BCUT2D eigenvalue weighted by atomic mass is 10.2. The Morgan fingerprint density at radius 3 is 1.29 bits per heavy atom. The maximum absolute atomic E-state index is 12.2. The Labute approximate surface area is 326 Å². The third-order valence-electron chi connectivity index (χ3n) is 6.51. The number of carbonyl (C=O) groups excluding carboxylic acids is 6. The molecule has 1 aromatic rings. The van der Waals surface area contributed by atoms with E-state index in [0.717, 1.165) is 0 Å². The number of esters is 4. The van der Waals surface area contributed by atoms with Crippen molar-refractivity contribution in [2.24, 2.45) is 5.92 Å². The Balaban J connectivity index is 2.46. The van der Waals surface area contributed by atoms with E-state index in [2.05, 4.69) is 30.4 Å². The number of alkyl carbamates (subject to hydrolysis) is 2. The van der Waals surface area contributed by atoms with Crippen molar-refractivity contribution >= 4 is 36.1 Å². The summed E-state index contributed by atoms with van der Waals surface area (Å²) in [6.07, 6.45) is -3.51. The zero-order chi connectivity index (χ0) is 41.9. The van der Waals surface area contributed by atoms with Gasteiger partial charge in [0.15, 0.2) is 12.2 Å². The van der Waals surface area contributed by atoms with Gasteiger partial charge in [-0.1, -0.05) is 33.6 Å². The number of carbonyl (C=O) groups is 6. The van der Waals surface area contributed by atoms with Crippen molar-refractivity contribution < 1.29 is 76.1 Å². The smallest absolute Gasteiger partial charge is 0.407 e. The van der Waals surface area contributed by atoms with Crippen LogP contribution in [0.2, 0.25) is 0 Å². The minimum absolute atomic E-state index is 0.00272. The van der Waals surface area contributed by atoms with Crippen LogP contribution in [0, 0.1) is 5.92 Å². The number of rotatable bonds is 28. The monoisotopic (exact) mass is 794 g/mol. The molecule has 0 spiro atoms. The summed E-state index contributed by atoms with van der Waals surface area (Å²) in [5, 5.41) is 4.87. The molecule has 18 heteroatoms. The largest absolute Gasteiger partial charge is 0.491 e. The van der Waals surface area contributed by atoms with Gasteiger partial charge in [-0.05, 0) is 45.0 Å². The van der Waals surface area contributed by atoms with E-state index in [4.69, 9.17) is 47.4 Å². The molecular weight excluding hydrogens is 740 g/mol. The topological polar surface area (TPSA) is 219 Å². The van der Waals surface area contributed by atoms with Crippen molar-refractivity contribution in [3.05, 3.63) is 60.7 Å². The highest BCUT2D eigenvalue weighted by Gasteiger charge is 2.20. The average molecular weight is 795 g/mol. The molecule has 56 heavy (non-hydrogen) atoms. The molecule has 0 bridgehead atoms. The summed E-state index contributed by atoms with van der Waals surface area (Å²) in [5.74, 6) is -1.62. The van der Waals surface area contributed by atoms with Gasteiger partial charge in [0, 0.05) is 16.7 Å². The predicted octanol–water partition coefficient (Wildman–Crippen LogP) is 3.22. The average Bonchev–Trinajstić information content (AvgIpc) is 3.15. The molecular formula is C38H54N2O16. The molecule has 312 valence electrons. The summed E-state index contributed by atoms with van der Waals surface area (Å²) in [7, 11) is 0. The highest BCUT2D eigenvalue weighted by Crippen LogP contribution is 2.17. The van der Waals surface area contributed by atoms with Crippen LogP contribution in [0.15, 0.2) is 60.7 Å². The van der Waals surface area contributed by atoms with Crippen molar-refractivity contribution in [3.63, 3.8) is 0 Å². The summed E-state index contributed by atoms with van der Waals surface area (Å²) in [5.41, 5.74) is 0.626. The van der Waals surface area contributed by atoms with E-state index < -0.39 is 48.3 Å². The van der Waals surface area contributed by atoms with E-state index >= 15 is 0 Å². The van der Waals surface area contributed by atoms with E-state index in [-0.39, 0.29) is 102 Å². The molecule has 0 aliphatic carbocycles. The minimum Gasteiger partial charge on any atom is -0.491 e. The second kappa shape index (κ2) is 27.9. The molecule has 2 amide bonds. The van der Waals surface area contributed by atoms with Crippen LogP contribution in [0.4, 0.5) is 9.59 Å². The van der Waals surface area contributed by atoms with Gasteiger partial charge in [0.05, 0.1) is 45.4 Å². The number of hydrogen-bond donors (Lipinski definition) is 2. The van der Waals surface area contributed by atoms with Crippen LogP contribution >= 0.6 is 0 Å². The lowest BCUT2D eigenvalue weighted by molar-refractivity contribution is -0.151. The number of benzene rings is 1. The summed E-state index contributed by atoms with van der Waals surface area (Å²) in [4.78, 5) is 71.1. The number of hydrogen-bond acceptors (Lipinski definition) is 16. The van der Waals surface area contributed by atoms with Crippen molar-refractivity contribution in [2.75, 3.05) is 79.2 Å². The summed E-state index contributed by atoms with van der Waals surface area (Å²) < 4.78 is 53.2. The van der Waals surface area contributed by atoms with Gasteiger partial charge in [-0.25, -0.2) is 24.0 Å². The molecule has 2 atom stereocenters. The normalized spacial score (nSPS) is 11.5. The fourth-order valence-corrected chi connectivity index (χ4v) is 3.59. The molecule has 0 aromatic heterocycles. The van der Waals surface area contributed by atoms with Gasteiger partial charge in [-0.2, -0.15) is 0 Å². The van der Waals surface area contributed by atoms with Crippen molar-refractivity contribution in [1.82, 2.24) is 10.6 Å². The van der Waals surface area contributed by atoms with Gasteiger partial charge in [0.2, 0.25) is 0 Å². The van der Waals surface area contributed by atoms with Crippen LogP contribution in [0.5, 0.6) is 11.5 Å². The summed E-state index contributed by atoms with van der Waals surface area (Å²) >= 11 is 0. The second-order valence-electron chi connectivity index (χ2n) is 12.2. The highest BCUT2D eigenvalue weighted by molar-refractivity contribution is 5.87. The van der Waals surface area contributed by atoms with E-state index in [0.29, 0.717) is 11.5 Å². The zero-order valence-electron chi connectivity index (χ0n) is 32.7. The van der Waals surface area contributed by atoms with Crippen LogP contribution in [0.25, 0.3) is 0 Å². The summed E-state index contributed by atoms with van der Waals surface area (Å²) in [6, 6.07) is 6.73. The van der Waals surface area contributed by atoms with Gasteiger partial charge in [-0.15, -0.1) is 0 Å². The first kappa shape index (κ1) is 48.4. The molecule has 0 heterocycles. The Hall–Kier alpha value is -5.62. The zero-order valence-corrected chi connectivity index (χ0v) is 32.7. The first-order valence-corrected chi connectivity index (χ1v) is 17.6. The number of nitrogens with one attached hydrogen (secondary N) is 2. The molecule has 0 saturated carbocycles. The van der Waals surface area contributed by atoms with Crippen LogP contribution in [0.1, 0.15) is 34.6 Å². The van der Waals surface area contributed by atoms with Gasteiger partial charge in [0.25, 0.3) is 0 Å². The van der Waals surface area contributed by atoms with Crippen LogP contribution in [0.3, 0.4) is 0 Å². The third-order valence-corrected chi connectivity index (χ3v) is 6.51. The Morgan fingerprint density at radius 1 is 0.536 bits per heavy atom. The van der Waals surface area contributed by atoms with Gasteiger partial charge in [-0.3, -0.25) is 4.79 Å². The fourth-order valence-electron chi connectivity index (χ4n) is 3.59. The Morgan fingerprint density at radius 2 is 0.911 bits per heavy atom. The van der Waals surface area contributed by atoms with E-state index in [1.54, 1.807) is 38.1 Å². The Kier molecular flexibility index (Phi) is 24.1. The lowest BCUT2D eigenvalue weighted by Crippen LogP contribution is -2.36. The fraction of sp³-hybridized carbons (Fsp3) is 0.526. The molecule has 2 N–H and O–H groups in total. The SMILES string of the molecule is C=C(C)C(=O)OCCNC(=O)OC(COCCOc1ccc(OCCOCC(COC(=O)C(C)C)OC(=O)NCCOC(=O)C(=C)C)cc1)COC(=O)C(=C)C. The highest BCUT2D eigenvalue weighted by atomic mass is 16.6. The Bertz CT molecular complexity index is 1460. The third kappa shape index (κ3) is 23.2. The minimum atomic E-state index is -0.950.